The van der Waals surface area contributed by atoms with Gasteiger partial charge in [-0.25, -0.2) is 0 Å². The van der Waals surface area contributed by atoms with Crippen LogP contribution >= 0.6 is 0 Å². The van der Waals surface area contributed by atoms with Crippen LogP contribution in [0.1, 0.15) is 24.1 Å². The van der Waals surface area contributed by atoms with E-state index in [1.54, 1.807) is 23.9 Å². The number of fused-ring (bicyclic) bond motifs is 1. The fourth-order valence-corrected chi connectivity index (χ4v) is 3.30. The molecule has 0 saturated carbocycles. The maximum absolute atomic E-state index is 13.3. The van der Waals surface area contributed by atoms with Crippen LogP contribution in [-0.2, 0) is 4.79 Å². The minimum Gasteiger partial charge on any atom is -0.495 e. The van der Waals surface area contributed by atoms with Crippen molar-refractivity contribution in [2.24, 2.45) is 0 Å². The molecule has 0 aliphatic carbocycles. The molecular weight excluding hydrogens is 356 g/mol. The van der Waals surface area contributed by atoms with Crippen LogP contribution in [0.4, 0.5) is 11.6 Å². The van der Waals surface area contributed by atoms with Gasteiger partial charge in [0.2, 0.25) is 5.95 Å². The first-order valence-electron chi connectivity index (χ1n) is 8.85. The van der Waals surface area contributed by atoms with Gasteiger partial charge in [0.25, 0.3) is 5.91 Å². The third kappa shape index (κ3) is 3.09. The first-order chi connectivity index (χ1) is 13.6. The van der Waals surface area contributed by atoms with Gasteiger partial charge in [-0.2, -0.15) is 4.68 Å². The number of nitrogens with zero attached hydrogens (tertiary/aromatic N) is 4. The molecule has 28 heavy (non-hydrogen) atoms. The lowest BCUT2D eigenvalue weighted by atomic mass is 9.94. The van der Waals surface area contributed by atoms with Gasteiger partial charge in [0.05, 0.1) is 18.4 Å². The second-order valence-electron chi connectivity index (χ2n) is 6.58. The number of aryl methyl sites for hydroxylation is 1. The molecule has 8 nitrogen and oxygen atoms in total. The van der Waals surface area contributed by atoms with E-state index in [9.17, 15) is 4.79 Å². The molecule has 2 heterocycles. The summed E-state index contributed by atoms with van der Waals surface area (Å²) in [5.41, 5.74) is 3.89. The molecule has 1 aliphatic heterocycles. The van der Waals surface area contributed by atoms with E-state index in [1.807, 2.05) is 50.2 Å². The minimum atomic E-state index is -0.443. The van der Waals surface area contributed by atoms with E-state index in [0.717, 1.165) is 11.1 Å². The van der Waals surface area contributed by atoms with Crippen LogP contribution in [0.2, 0.25) is 0 Å². The summed E-state index contributed by atoms with van der Waals surface area (Å²) in [6.07, 6.45) is 0. The average molecular weight is 376 g/mol. The van der Waals surface area contributed by atoms with Crippen molar-refractivity contribution in [1.82, 2.24) is 20.2 Å². The van der Waals surface area contributed by atoms with Gasteiger partial charge in [0, 0.05) is 5.70 Å². The van der Waals surface area contributed by atoms with Crippen LogP contribution in [0.25, 0.3) is 0 Å². The molecule has 0 spiro atoms. The number of anilines is 2. The molecule has 2 aromatic carbocycles. The normalized spacial score (nSPS) is 15.6. The number of para-hydroxylation sites is 2. The van der Waals surface area contributed by atoms with E-state index in [2.05, 4.69) is 26.2 Å². The van der Waals surface area contributed by atoms with E-state index in [-0.39, 0.29) is 5.91 Å². The first kappa shape index (κ1) is 17.7. The molecule has 142 valence electrons. The Labute approximate surface area is 162 Å². The molecule has 1 atom stereocenters. The molecule has 1 aromatic heterocycles. The number of hydrogen-bond donors (Lipinski definition) is 2. The zero-order chi connectivity index (χ0) is 19.7. The molecule has 3 aromatic rings. The lowest BCUT2D eigenvalue weighted by molar-refractivity contribution is -0.113. The number of nitrogens with one attached hydrogen (secondary N) is 2. The number of ether oxygens (including phenoxy) is 1. The van der Waals surface area contributed by atoms with Crippen molar-refractivity contribution in [3.05, 3.63) is 70.9 Å². The van der Waals surface area contributed by atoms with Crippen LogP contribution < -0.4 is 15.4 Å². The summed E-state index contributed by atoms with van der Waals surface area (Å²) in [6.45, 7) is 3.86. The predicted molar refractivity (Wildman–Crippen MR) is 105 cm³/mol. The quantitative estimate of drug-likeness (QED) is 0.727. The fourth-order valence-electron chi connectivity index (χ4n) is 3.30. The van der Waals surface area contributed by atoms with Crippen LogP contribution in [0.15, 0.2) is 59.8 Å². The van der Waals surface area contributed by atoms with Gasteiger partial charge in [0.1, 0.15) is 11.8 Å². The van der Waals surface area contributed by atoms with Gasteiger partial charge < -0.3 is 15.4 Å². The maximum atomic E-state index is 13.3. The molecule has 1 amide bonds. The number of aromatic nitrogens is 4. The SMILES string of the molecule is COc1ccccc1NC(=O)C1=C(C)Nc2nnnn2C1c1ccc(C)cc1. The van der Waals surface area contributed by atoms with E-state index < -0.39 is 6.04 Å². The number of allylic oxidation sites excluding steroid dienone is 1. The summed E-state index contributed by atoms with van der Waals surface area (Å²) in [4.78, 5) is 13.3. The zero-order valence-corrected chi connectivity index (χ0v) is 15.8. The second kappa shape index (κ2) is 7.15. The lowest BCUT2D eigenvalue weighted by Crippen LogP contribution is -2.31. The van der Waals surface area contributed by atoms with Gasteiger partial charge in [0.15, 0.2) is 0 Å². The summed E-state index contributed by atoms with van der Waals surface area (Å²) >= 11 is 0. The van der Waals surface area contributed by atoms with E-state index in [1.165, 1.54) is 0 Å². The number of hydrogen-bond acceptors (Lipinski definition) is 6. The minimum absolute atomic E-state index is 0.249. The number of tetrazole rings is 1. The fraction of sp³-hybridized carbons (Fsp3) is 0.200. The van der Waals surface area contributed by atoms with Gasteiger partial charge in [-0.15, -0.1) is 0 Å². The Hall–Kier alpha value is -3.68. The topological polar surface area (TPSA) is 94.0 Å². The van der Waals surface area contributed by atoms with E-state index in [0.29, 0.717) is 28.7 Å². The van der Waals surface area contributed by atoms with Crippen molar-refractivity contribution in [3.8, 4) is 5.75 Å². The lowest BCUT2D eigenvalue weighted by Gasteiger charge is -2.28. The van der Waals surface area contributed by atoms with Crippen molar-refractivity contribution < 1.29 is 9.53 Å². The number of benzene rings is 2. The first-order valence-corrected chi connectivity index (χ1v) is 8.85. The summed E-state index contributed by atoms with van der Waals surface area (Å²) in [5, 5.41) is 17.9. The third-order valence-electron chi connectivity index (χ3n) is 4.71. The van der Waals surface area contributed by atoms with Crippen molar-refractivity contribution in [1.29, 1.82) is 0 Å². The Morgan fingerprint density at radius 2 is 1.89 bits per heavy atom. The molecule has 0 radical (unpaired) electrons. The highest BCUT2D eigenvalue weighted by molar-refractivity contribution is 6.06. The molecule has 8 heteroatoms. The van der Waals surface area contributed by atoms with Crippen molar-refractivity contribution >= 4 is 17.5 Å². The summed E-state index contributed by atoms with van der Waals surface area (Å²) in [7, 11) is 1.57. The standard InChI is InChI=1S/C20H20N6O2/c1-12-8-10-14(11-9-12)18-17(13(2)21-20-23-24-25-26(18)20)19(27)22-15-6-4-5-7-16(15)28-3/h4-11,18H,1-3H3,(H,22,27)(H,21,23,25). The molecule has 1 aliphatic rings. The number of amides is 1. The summed E-state index contributed by atoms with van der Waals surface area (Å²) in [6, 6.07) is 14.8. The predicted octanol–water partition coefficient (Wildman–Crippen LogP) is 2.92. The van der Waals surface area contributed by atoms with Gasteiger partial charge >= 0.3 is 0 Å². The van der Waals surface area contributed by atoms with Gasteiger partial charge in [-0.05, 0) is 42.0 Å². The Bertz CT molecular complexity index is 1050. The van der Waals surface area contributed by atoms with E-state index in [4.69, 9.17) is 4.74 Å². The number of carbonyl (C=O) groups excluding carboxylic acids is 1. The molecule has 0 fully saturated rings. The monoisotopic (exact) mass is 376 g/mol. The highest BCUT2D eigenvalue weighted by atomic mass is 16.5. The van der Waals surface area contributed by atoms with Crippen LogP contribution in [0, 0.1) is 6.92 Å². The molecule has 0 bridgehead atoms. The van der Waals surface area contributed by atoms with Crippen molar-refractivity contribution in [2.45, 2.75) is 19.9 Å². The number of carbonyl (C=O) groups is 1. The maximum Gasteiger partial charge on any atom is 0.255 e. The average Bonchev–Trinajstić information content (AvgIpc) is 3.16. The largest absolute Gasteiger partial charge is 0.495 e. The van der Waals surface area contributed by atoms with Crippen LogP contribution in [0.3, 0.4) is 0 Å². The Balaban J connectivity index is 1.76. The molecule has 2 N–H and O–H groups in total. The molecule has 0 saturated heterocycles. The number of methoxy groups -OCH3 is 1. The third-order valence-corrected chi connectivity index (χ3v) is 4.71. The molecule has 1 unspecified atom stereocenters. The number of rotatable bonds is 4. The van der Waals surface area contributed by atoms with Gasteiger partial charge in [-0.1, -0.05) is 47.1 Å². The summed E-state index contributed by atoms with van der Waals surface area (Å²) in [5.74, 6) is 0.839. The zero-order valence-electron chi connectivity index (χ0n) is 15.8. The Kier molecular flexibility index (Phi) is 4.52. The van der Waals surface area contributed by atoms with Gasteiger partial charge in [-0.3, -0.25) is 4.79 Å². The summed E-state index contributed by atoms with van der Waals surface area (Å²) < 4.78 is 6.96. The molecule has 4 rings (SSSR count). The Morgan fingerprint density at radius 1 is 1.14 bits per heavy atom. The highest BCUT2D eigenvalue weighted by Crippen LogP contribution is 2.35. The van der Waals surface area contributed by atoms with Crippen LogP contribution in [-0.4, -0.2) is 33.2 Å². The van der Waals surface area contributed by atoms with Crippen molar-refractivity contribution in [3.63, 3.8) is 0 Å². The van der Waals surface area contributed by atoms with E-state index >= 15 is 0 Å². The van der Waals surface area contributed by atoms with Crippen LogP contribution in [0.5, 0.6) is 5.75 Å². The second-order valence-corrected chi connectivity index (χ2v) is 6.58. The Morgan fingerprint density at radius 3 is 2.64 bits per heavy atom. The smallest absolute Gasteiger partial charge is 0.255 e. The van der Waals surface area contributed by atoms with Crippen molar-refractivity contribution in [2.75, 3.05) is 17.7 Å². The molecular formula is C20H20N6O2. The highest BCUT2D eigenvalue weighted by Gasteiger charge is 2.34.